The zero-order valence-corrected chi connectivity index (χ0v) is 15.2. The van der Waals surface area contributed by atoms with Crippen LogP contribution >= 0.6 is 0 Å². The molecular weight excluding hydrogens is 340 g/mol. The SMILES string of the molecule is CCS(=O)(=O)N1CC2(C1)[C@H](c1ccccc1)[C@H](CO)N2C(=O)C1CC1. The molecule has 1 aromatic rings. The summed E-state index contributed by atoms with van der Waals surface area (Å²) in [6.07, 6.45) is 1.80. The highest BCUT2D eigenvalue weighted by molar-refractivity contribution is 7.89. The second kappa shape index (κ2) is 5.79. The number of aliphatic hydroxyl groups excluding tert-OH is 1. The van der Waals surface area contributed by atoms with Crippen molar-refractivity contribution in [2.45, 2.75) is 37.3 Å². The van der Waals surface area contributed by atoms with Crippen molar-refractivity contribution in [3.63, 3.8) is 0 Å². The molecule has 1 N–H and O–H groups in total. The molecule has 1 saturated carbocycles. The van der Waals surface area contributed by atoms with Crippen LogP contribution in [0.25, 0.3) is 0 Å². The standard InChI is InChI=1S/C18H24N2O4S/c1-2-25(23,24)19-11-18(12-19)16(13-6-4-3-5-7-13)15(10-21)20(18)17(22)14-8-9-14/h3-7,14-16,21H,2,8-12H2,1H3/t15-,16+/m0/s1. The van der Waals surface area contributed by atoms with Gasteiger partial charge in [0, 0.05) is 24.9 Å². The van der Waals surface area contributed by atoms with Gasteiger partial charge in [0.1, 0.15) is 0 Å². The zero-order valence-electron chi connectivity index (χ0n) is 14.3. The lowest BCUT2D eigenvalue weighted by Crippen LogP contribution is -2.86. The van der Waals surface area contributed by atoms with Gasteiger partial charge in [-0.2, -0.15) is 4.31 Å². The van der Waals surface area contributed by atoms with Crippen molar-refractivity contribution in [2.75, 3.05) is 25.4 Å². The molecule has 1 spiro atoms. The molecule has 0 aromatic heterocycles. The number of hydrogen-bond acceptors (Lipinski definition) is 4. The van der Waals surface area contributed by atoms with E-state index < -0.39 is 15.6 Å². The predicted molar refractivity (Wildman–Crippen MR) is 93.4 cm³/mol. The summed E-state index contributed by atoms with van der Waals surface area (Å²) in [4.78, 5) is 14.6. The molecule has 136 valence electrons. The van der Waals surface area contributed by atoms with Crippen molar-refractivity contribution >= 4 is 15.9 Å². The van der Waals surface area contributed by atoms with Gasteiger partial charge in [-0.3, -0.25) is 4.79 Å². The molecule has 1 aromatic carbocycles. The van der Waals surface area contributed by atoms with E-state index in [1.807, 2.05) is 35.2 Å². The first-order valence-electron chi connectivity index (χ1n) is 8.91. The molecule has 4 rings (SSSR count). The maximum absolute atomic E-state index is 12.8. The van der Waals surface area contributed by atoms with E-state index in [9.17, 15) is 18.3 Å². The van der Waals surface area contributed by atoms with Crippen molar-refractivity contribution in [3.8, 4) is 0 Å². The molecule has 1 aliphatic carbocycles. The number of benzene rings is 1. The molecule has 0 bridgehead atoms. The lowest BCUT2D eigenvalue weighted by atomic mass is 9.61. The van der Waals surface area contributed by atoms with Gasteiger partial charge in [-0.1, -0.05) is 30.3 Å². The van der Waals surface area contributed by atoms with E-state index in [1.54, 1.807) is 6.92 Å². The number of carbonyl (C=O) groups excluding carboxylic acids is 1. The first-order chi connectivity index (χ1) is 11.9. The fourth-order valence-electron chi connectivity index (χ4n) is 4.49. The smallest absolute Gasteiger partial charge is 0.226 e. The van der Waals surface area contributed by atoms with E-state index >= 15 is 0 Å². The highest BCUT2D eigenvalue weighted by Crippen LogP contribution is 2.56. The first-order valence-corrected chi connectivity index (χ1v) is 10.5. The Kier molecular flexibility index (Phi) is 3.94. The third kappa shape index (κ3) is 2.44. The Hall–Kier alpha value is -1.44. The van der Waals surface area contributed by atoms with Crippen LogP contribution in [0.1, 0.15) is 31.2 Å². The van der Waals surface area contributed by atoms with E-state index in [0.717, 1.165) is 18.4 Å². The van der Waals surface area contributed by atoms with Crippen LogP contribution in [0.3, 0.4) is 0 Å². The van der Waals surface area contributed by atoms with Crippen LogP contribution in [0.4, 0.5) is 0 Å². The molecule has 2 atom stereocenters. The van der Waals surface area contributed by atoms with E-state index in [4.69, 9.17) is 0 Å². The van der Waals surface area contributed by atoms with Crippen LogP contribution in [0, 0.1) is 5.92 Å². The summed E-state index contributed by atoms with van der Waals surface area (Å²) in [5.41, 5.74) is 0.561. The molecule has 2 heterocycles. The van der Waals surface area contributed by atoms with Gasteiger partial charge in [-0.15, -0.1) is 0 Å². The number of likely N-dealkylation sites (tertiary alicyclic amines) is 1. The Balaban J connectivity index is 1.67. The van der Waals surface area contributed by atoms with Crippen LogP contribution in [0.2, 0.25) is 0 Å². The largest absolute Gasteiger partial charge is 0.394 e. The fraction of sp³-hybridized carbons (Fsp3) is 0.611. The molecule has 3 aliphatic rings. The summed E-state index contributed by atoms with van der Waals surface area (Å²) in [7, 11) is -3.26. The third-order valence-corrected chi connectivity index (χ3v) is 7.72. The molecule has 7 heteroatoms. The van der Waals surface area contributed by atoms with Gasteiger partial charge >= 0.3 is 0 Å². The lowest BCUT2D eigenvalue weighted by molar-refractivity contribution is -0.190. The molecule has 2 aliphatic heterocycles. The van der Waals surface area contributed by atoms with Crippen LogP contribution in [0.15, 0.2) is 30.3 Å². The molecule has 3 fully saturated rings. The Morgan fingerprint density at radius 2 is 1.88 bits per heavy atom. The molecule has 6 nitrogen and oxygen atoms in total. The minimum Gasteiger partial charge on any atom is -0.394 e. The molecular formula is C18H24N2O4S. The monoisotopic (exact) mass is 364 g/mol. The second-order valence-corrected chi connectivity index (χ2v) is 9.65. The minimum absolute atomic E-state index is 0.0234. The number of amides is 1. The summed E-state index contributed by atoms with van der Waals surface area (Å²) in [6, 6.07) is 9.58. The van der Waals surface area contributed by atoms with Gasteiger partial charge in [-0.05, 0) is 25.3 Å². The highest BCUT2D eigenvalue weighted by atomic mass is 32.2. The average molecular weight is 364 g/mol. The van der Waals surface area contributed by atoms with E-state index in [1.165, 1.54) is 4.31 Å². The van der Waals surface area contributed by atoms with Crippen LogP contribution in [0.5, 0.6) is 0 Å². The van der Waals surface area contributed by atoms with Crippen LogP contribution in [-0.4, -0.2) is 65.7 Å². The average Bonchev–Trinajstić information content (AvgIpc) is 3.38. The second-order valence-electron chi connectivity index (χ2n) is 7.39. The van der Waals surface area contributed by atoms with Crippen molar-refractivity contribution in [2.24, 2.45) is 5.92 Å². The molecule has 2 saturated heterocycles. The van der Waals surface area contributed by atoms with Gasteiger partial charge in [0.25, 0.3) is 0 Å². The normalized spacial score (nSPS) is 28.5. The highest BCUT2D eigenvalue weighted by Gasteiger charge is 2.69. The van der Waals surface area contributed by atoms with E-state index in [0.29, 0.717) is 13.1 Å². The summed E-state index contributed by atoms with van der Waals surface area (Å²) in [5.74, 6) is 0.183. The number of sulfonamides is 1. The van der Waals surface area contributed by atoms with Crippen LogP contribution < -0.4 is 0 Å². The predicted octanol–water partition coefficient (Wildman–Crippen LogP) is 0.787. The first kappa shape index (κ1) is 17.0. The van der Waals surface area contributed by atoms with Gasteiger partial charge in [0.05, 0.1) is 23.9 Å². The summed E-state index contributed by atoms with van der Waals surface area (Å²) in [6.45, 7) is 2.20. The van der Waals surface area contributed by atoms with Gasteiger partial charge in [0.2, 0.25) is 15.9 Å². The fourth-order valence-corrected chi connectivity index (χ4v) is 5.69. The number of nitrogens with zero attached hydrogens (tertiary/aromatic N) is 2. The van der Waals surface area contributed by atoms with Crippen molar-refractivity contribution in [1.29, 1.82) is 0 Å². The maximum atomic E-state index is 12.8. The van der Waals surface area contributed by atoms with Crippen molar-refractivity contribution in [1.82, 2.24) is 9.21 Å². The minimum atomic E-state index is -3.26. The molecule has 0 unspecified atom stereocenters. The summed E-state index contributed by atoms with van der Waals surface area (Å²) < 4.78 is 25.9. The topological polar surface area (TPSA) is 77.9 Å². The number of carbonyl (C=O) groups is 1. The van der Waals surface area contributed by atoms with Crippen molar-refractivity contribution in [3.05, 3.63) is 35.9 Å². The lowest BCUT2D eigenvalue weighted by Gasteiger charge is -2.70. The van der Waals surface area contributed by atoms with Crippen LogP contribution in [-0.2, 0) is 14.8 Å². The van der Waals surface area contributed by atoms with Gasteiger partial charge in [0.15, 0.2) is 0 Å². The zero-order chi connectivity index (χ0) is 17.8. The Morgan fingerprint density at radius 3 is 2.40 bits per heavy atom. The Bertz CT molecular complexity index is 770. The molecule has 25 heavy (non-hydrogen) atoms. The van der Waals surface area contributed by atoms with Crippen molar-refractivity contribution < 1.29 is 18.3 Å². The van der Waals surface area contributed by atoms with E-state index in [-0.39, 0.29) is 36.1 Å². The quantitative estimate of drug-likeness (QED) is 0.838. The summed E-state index contributed by atoms with van der Waals surface area (Å²) in [5, 5.41) is 9.94. The maximum Gasteiger partial charge on any atom is 0.226 e. The Morgan fingerprint density at radius 1 is 1.24 bits per heavy atom. The number of hydrogen-bond donors (Lipinski definition) is 1. The molecule has 1 amide bonds. The van der Waals surface area contributed by atoms with E-state index in [2.05, 4.69) is 0 Å². The summed E-state index contributed by atoms with van der Waals surface area (Å²) >= 11 is 0. The molecule has 0 radical (unpaired) electrons. The third-order valence-electron chi connectivity index (χ3n) is 5.94. The van der Waals surface area contributed by atoms with Gasteiger partial charge < -0.3 is 10.0 Å². The van der Waals surface area contributed by atoms with Gasteiger partial charge in [-0.25, -0.2) is 8.42 Å². The Labute approximate surface area is 148 Å². The number of aliphatic hydroxyl groups is 1. The number of rotatable bonds is 5.